The first kappa shape index (κ1) is 20.6. The van der Waals surface area contributed by atoms with Crippen LogP contribution in [-0.4, -0.2) is 30.6 Å². The van der Waals surface area contributed by atoms with Crippen LogP contribution in [0.2, 0.25) is 10.0 Å². The number of carbonyl (C=O) groups excluding carboxylic acids is 1. The number of hydrogen-bond donors (Lipinski definition) is 1. The van der Waals surface area contributed by atoms with Crippen LogP contribution in [0.25, 0.3) is 11.3 Å². The average Bonchev–Trinajstić information content (AvgIpc) is 2.69. The Hall–Kier alpha value is -2.15. The van der Waals surface area contributed by atoms with Crippen LogP contribution in [0.15, 0.2) is 30.4 Å². The van der Waals surface area contributed by atoms with Gasteiger partial charge < -0.3 is 15.2 Å². The number of allylic oxidation sites excluding steroid dienone is 1. The van der Waals surface area contributed by atoms with Crippen molar-refractivity contribution < 1.29 is 18.7 Å². The van der Waals surface area contributed by atoms with Gasteiger partial charge in [-0.05, 0) is 37.5 Å². The Morgan fingerprint density at radius 1 is 1.39 bits per heavy atom. The largest absolute Gasteiger partial charge is 0.492 e. The molecule has 1 aliphatic rings. The molecule has 1 heterocycles. The van der Waals surface area contributed by atoms with Crippen LogP contribution < -0.4 is 10.5 Å². The van der Waals surface area contributed by atoms with Crippen molar-refractivity contribution >= 4 is 34.7 Å². The highest BCUT2D eigenvalue weighted by atomic mass is 35.5. The summed E-state index contributed by atoms with van der Waals surface area (Å²) in [5, 5.41) is 0.133. The molecule has 2 aromatic rings. The number of pyridine rings is 1. The lowest BCUT2D eigenvalue weighted by Gasteiger charge is -2.17. The van der Waals surface area contributed by atoms with Gasteiger partial charge in [-0.15, -0.1) is 0 Å². The van der Waals surface area contributed by atoms with Crippen molar-refractivity contribution in [3.05, 3.63) is 51.9 Å². The van der Waals surface area contributed by atoms with Gasteiger partial charge in [0, 0.05) is 5.56 Å². The van der Waals surface area contributed by atoms with Crippen molar-refractivity contribution in [1.82, 2.24) is 4.98 Å². The molecule has 2 N–H and O–H groups in total. The second kappa shape index (κ2) is 8.90. The average molecular weight is 425 g/mol. The van der Waals surface area contributed by atoms with Crippen LogP contribution in [0.4, 0.5) is 10.1 Å². The van der Waals surface area contributed by atoms with Crippen molar-refractivity contribution in [1.29, 1.82) is 0 Å². The molecule has 0 saturated carbocycles. The summed E-state index contributed by atoms with van der Waals surface area (Å²) >= 11 is 12.1. The zero-order valence-electron chi connectivity index (χ0n) is 15.2. The third-order valence-corrected chi connectivity index (χ3v) is 5.11. The van der Waals surface area contributed by atoms with Crippen molar-refractivity contribution in [3.8, 4) is 17.0 Å². The minimum atomic E-state index is -0.703. The van der Waals surface area contributed by atoms with E-state index in [0.717, 1.165) is 19.3 Å². The topological polar surface area (TPSA) is 74.4 Å². The monoisotopic (exact) mass is 424 g/mol. The number of Topliss-reactive ketones (excluding diaryl/α,β-unsaturated/α-hetero) is 1. The summed E-state index contributed by atoms with van der Waals surface area (Å²) in [7, 11) is 1.31. The van der Waals surface area contributed by atoms with E-state index in [1.165, 1.54) is 25.3 Å². The molecule has 148 valence electrons. The summed E-state index contributed by atoms with van der Waals surface area (Å²) in [5.74, 6) is -1.25. The van der Waals surface area contributed by atoms with E-state index in [1.807, 2.05) is 12.2 Å². The number of methoxy groups -OCH3 is 1. The molecule has 0 aliphatic heterocycles. The Labute approximate surface area is 172 Å². The third-order valence-electron chi connectivity index (χ3n) is 4.42. The van der Waals surface area contributed by atoms with Gasteiger partial charge in [0.25, 0.3) is 0 Å². The maximum atomic E-state index is 14.7. The molecular weight excluding hydrogens is 406 g/mol. The molecule has 1 aromatic heterocycles. The SMILES string of the molecule is COc1c(Cl)ccc(-c2cc(N)c(Cl)c(C(=O)COC3C=CCCC3)n2)c1F. The molecule has 28 heavy (non-hydrogen) atoms. The number of ether oxygens (including phenoxy) is 2. The highest BCUT2D eigenvalue weighted by molar-refractivity contribution is 6.36. The highest BCUT2D eigenvalue weighted by Crippen LogP contribution is 2.36. The Bertz CT molecular complexity index is 934. The molecule has 0 bridgehead atoms. The highest BCUT2D eigenvalue weighted by Gasteiger charge is 2.22. The normalized spacial score (nSPS) is 16.2. The number of nitrogens with zero attached hydrogens (tertiary/aromatic N) is 1. The first-order valence-electron chi connectivity index (χ1n) is 8.72. The lowest BCUT2D eigenvalue weighted by molar-refractivity contribution is 0.0568. The van der Waals surface area contributed by atoms with Crippen molar-refractivity contribution in [2.45, 2.75) is 25.4 Å². The number of rotatable bonds is 6. The van der Waals surface area contributed by atoms with Crippen molar-refractivity contribution in [2.24, 2.45) is 0 Å². The van der Waals surface area contributed by atoms with E-state index in [0.29, 0.717) is 0 Å². The number of carbonyl (C=O) groups is 1. The zero-order chi connectivity index (χ0) is 20.3. The molecule has 1 aromatic carbocycles. The molecule has 8 heteroatoms. The molecule has 3 rings (SSSR count). The minimum Gasteiger partial charge on any atom is -0.492 e. The van der Waals surface area contributed by atoms with Gasteiger partial charge in [0.05, 0.1) is 34.6 Å². The summed E-state index contributed by atoms with van der Waals surface area (Å²) < 4.78 is 25.4. The number of nitrogen functional groups attached to an aromatic ring is 1. The fourth-order valence-electron chi connectivity index (χ4n) is 2.96. The number of ketones is 1. The molecule has 1 aliphatic carbocycles. The lowest BCUT2D eigenvalue weighted by atomic mass is 10.1. The molecule has 0 radical (unpaired) electrons. The van der Waals surface area contributed by atoms with Crippen LogP contribution in [0.3, 0.4) is 0 Å². The van der Waals surface area contributed by atoms with Crippen molar-refractivity contribution in [2.75, 3.05) is 19.5 Å². The second-order valence-electron chi connectivity index (χ2n) is 6.33. The fraction of sp³-hybridized carbons (Fsp3) is 0.300. The Morgan fingerprint density at radius 3 is 2.86 bits per heavy atom. The molecule has 0 spiro atoms. The van der Waals surface area contributed by atoms with Gasteiger partial charge in [-0.1, -0.05) is 35.4 Å². The summed E-state index contributed by atoms with van der Waals surface area (Å²) in [5.41, 5.74) is 6.22. The van der Waals surface area contributed by atoms with Gasteiger partial charge in [-0.2, -0.15) is 0 Å². The molecule has 5 nitrogen and oxygen atoms in total. The molecular formula is C20H19Cl2FN2O3. The van der Waals surface area contributed by atoms with Gasteiger partial charge in [-0.3, -0.25) is 4.79 Å². The zero-order valence-corrected chi connectivity index (χ0v) is 16.7. The third kappa shape index (κ3) is 4.29. The molecule has 1 unspecified atom stereocenters. The van der Waals surface area contributed by atoms with Crippen LogP contribution in [0, 0.1) is 5.82 Å². The molecule has 0 saturated heterocycles. The molecule has 0 fully saturated rings. The van der Waals surface area contributed by atoms with Gasteiger partial charge in [0.15, 0.2) is 11.6 Å². The van der Waals surface area contributed by atoms with E-state index in [9.17, 15) is 9.18 Å². The predicted molar refractivity (Wildman–Crippen MR) is 108 cm³/mol. The number of benzene rings is 1. The van der Waals surface area contributed by atoms with Crippen LogP contribution in [-0.2, 0) is 4.74 Å². The van der Waals surface area contributed by atoms with E-state index in [1.54, 1.807) is 0 Å². The van der Waals surface area contributed by atoms with E-state index in [-0.39, 0.29) is 51.1 Å². The predicted octanol–water partition coefficient (Wildman–Crippen LogP) is 5.09. The summed E-state index contributed by atoms with van der Waals surface area (Å²) in [4.78, 5) is 16.8. The summed E-state index contributed by atoms with van der Waals surface area (Å²) in [6.07, 6.45) is 6.72. The molecule has 0 amide bonds. The first-order valence-corrected chi connectivity index (χ1v) is 9.47. The lowest BCUT2D eigenvalue weighted by Crippen LogP contribution is -2.19. The maximum absolute atomic E-state index is 14.7. The smallest absolute Gasteiger partial charge is 0.208 e. The molecule has 1 atom stereocenters. The Kier molecular flexibility index (Phi) is 6.54. The second-order valence-corrected chi connectivity index (χ2v) is 7.12. The first-order chi connectivity index (χ1) is 13.4. The number of nitrogens with two attached hydrogens (primary N) is 1. The quantitative estimate of drug-likeness (QED) is 0.515. The van der Waals surface area contributed by atoms with E-state index in [4.69, 9.17) is 38.4 Å². The Morgan fingerprint density at radius 2 is 2.18 bits per heavy atom. The van der Waals surface area contributed by atoms with Gasteiger partial charge in [0.2, 0.25) is 5.78 Å². The van der Waals surface area contributed by atoms with Gasteiger partial charge in [-0.25, -0.2) is 9.37 Å². The van der Waals surface area contributed by atoms with Crippen LogP contribution >= 0.6 is 23.2 Å². The summed E-state index contributed by atoms with van der Waals surface area (Å²) in [6, 6.07) is 4.31. The minimum absolute atomic E-state index is 0.0119. The summed E-state index contributed by atoms with van der Waals surface area (Å²) in [6.45, 7) is -0.197. The van der Waals surface area contributed by atoms with E-state index in [2.05, 4.69) is 4.98 Å². The van der Waals surface area contributed by atoms with Gasteiger partial charge >= 0.3 is 0 Å². The van der Waals surface area contributed by atoms with Crippen LogP contribution in [0.1, 0.15) is 29.8 Å². The van der Waals surface area contributed by atoms with E-state index < -0.39 is 11.6 Å². The number of aromatic nitrogens is 1. The fourth-order valence-corrected chi connectivity index (χ4v) is 3.39. The van der Waals surface area contributed by atoms with Gasteiger partial charge in [0.1, 0.15) is 12.3 Å². The van der Waals surface area contributed by atoms with Crippen LogP contribution in [0.5, 0.6) is 5.75 Å². The standard InChI is InChI=1S/C20H19Cl2FN2O3/c1-27-20-13(21)8-7-12(18(20)23)15-9-14(24)17(22)19(25-15)16(26)10-28-11-5-3-2-4-6-11/h3,5,7-9,11H,2,4,6,10H2,1H3,(H2,24,25). The maximum Gasteiger partial charge on any atom is 0.208 e. The van der Waals surface area contributed by atoms with Crippen molar-refractivity contribution in [3.63, 3.8) is 0 Å². The number of halogens is 3. The number of anilines is 1. The van der Waals surface area contributed by atoms with E-state index >= 15 is 0 Å². The Balaban J connectivity index is 1.91. The number of hydrogen-bond acceptors (Lipinski definition) is 5.